The molecule has 1 amide bonds. The van der Waals surface area contributed by atoms with Gasteiger partial charge >= 0.3 is 0 Å². The molecule has 154 valence electrons. The number of fused-ring (bicyclic) bond motifs is 1. The Kier molecular flexibility index (Phi) is 4.98. The van der Waals surface area contributed by atoms with Gasteiger partial charge in [-0.15, -0.1) is 11.3 Å². The monoisotopic (exact) mass is 426 g/mol. The number of carbonyl (C=O) groups excluding carboxylic acids is 1. The number of nitrogens with one attached hydrogen (secondary N) is 1. The van der Waals surface area contributed by atoms with Crippen LogP contribution < -0.4 is 10.9 Å². The minimum absolute atomic E-state index is 0.214. The molecular weight excluding hydrogens is 407 g/mol. The van der Waals surface area contributed by atoms with Gasteiger partial charge in [0.15, 0.2) is 0 Å². The van der Waals surface area contributed by atoms with Gasteiger partial charge in [-0.3, -0.25) is 19.5 Å². The number of thiophene rings is 1. The topological polar surface area (TPSA) is 90.0 Å². The average Bonchev–Trinajstić information content (AvgIpc) is 3.32. The third kappa shape index (κ3) is 3.88. The number of nitrogens with zero attached hydrogens (tertiary/aromatic N) is 3. The van der Waals surface area contributed by atoms with Crippen molar-refractivity contribution < 1.29 is 13.7 Å². The van der Waals surface area contributed by atoms with Crippen molar-refractivity contribution in [1.82, 2.24) is 14.7 Å². The van der Waals surface area contributed by atoms with Gasteiger partial charge in [-0.25, -0.2) is 9.37 Å². The molecule has 0 aliphatic rings. The van der Waals surface area contributed by atoms with Crippen molar-refractivity contribution in [2.75, 3.05) is 5.32 Å². The van der Waals surface area contributed by atoms with E-state index in [-0.39, 0.29) is 29.2 Å². The Hall–Kier alpha value is -3.33. The summed E-state index contributed by atoms with van der Waals surface area (Å²) < 4.78 is 19.6. The summed E-state index contributed by atoms with van der Waals surface area (Å²) in [5.74, 6) is -0.574. The van der Waals surface area contributed by atoms with Crippen LogP contribution in [0, 0.1) is 5.82 Å². The lowest BCUT2D eigenvalue weighted by Gasteiger charge is -2.12. The van der Waals surface area contributed by atoms with Crippen molar-refractivity contribution >= 4 is 33.3 Å². The minimum atomic E-state index is -0.437. The molecule has 0 spiro atoms. The molecule has 30 heavy (non-hydrogen) atoms. The van der Waals surface area contributed by atoms with Crippen LogP contribution in [0.2, 0.25) is 0 Å². The smallest absolute Gasteiger partial charge is 0.263 e. The lowest BCUT2D eigenvalue weighted by Crippen LogP contribution is -2.27. The van der Waals surface area contributed by atoms with Gasteiger partial charge in [0, 0.05) is 22.4 Å². The molecule has 4 rings (SSSR count). The summed E-state index contributed by atoms with van der Waals surface area (Å²) in [7, 11) is 0. The molecule has 7 nitrogen and oxygen atoms in total. The van der Waals surface area contributed by atoms with Gasteiger partial charge in [-0.2, -0.15) is 0 Å². The highest BCUT2D eigenvalue weighted by Gasteiger charge is 2.20. The maximum absolute atomic E-state index is 13.2. The van der Waals surface area contributed by atoms with Crippen LogP contribution in [0.3, 0.4) is 0 Å². The molecule has 0 unspecified atom stereocenters. The number of amides is 1. The molecular formula is C21H19FN4O3S. The number of benzene rings is 1. The van der Waals surface area contributed by atoms with Crippen LogP contribution in [0.25, 0.3) is 21.3 Å². The summed E-state index contributed by atoms with van der Waals surface area (Å²) >= 11 is 1.32. The Morgan fingerprint density at radius 3 is 2.67 bits per heavy atom. The largest absolute Gasteiger partial charge is 0.338 e. The van der Waals surface area contributed by atoms with E-state index >= 15 is 0 Å². The highest BCUT2D eigenvalue weighted by molar-refractivity contribution is 7.17. The summed E-state index contributed by atoms with van der Waals surface area (Å²) in [5, 5.41) is 8.77. The molecule has 1 N–H and O–H groups in total. The van der Waals surface area contributed by atoms with E-state index in [1.807, 2.05) is 20.8 Å². The van der Waals surface area contributed by atoms with Crippen LogP contribution in [0.4, 0.5) is 10.3 Å². The molecule has 9 heteroatoms. The fourth-order valence-corrected chi connectivity index (χ4v) is 3.85. The molecule has 0 aliphatic carbocycles. The maximum atomic E-state index is 13.2. The minimum Gasteiger partial charge on any atom is -0.338 e. The third-order valence-electron chi connectivity index (χ3n) is 4.57. The van der Waals surface area contributed by atoms with E-state index in [0.717, 1.165) is 0 Å². The average molecular weight is 426 g/mol. The van der Waals surface area contributed by atoms with Crippen LogP contribution in [0.5, 0.6) is 0 Å². The van der Waals surface area contributed by atoms with E-state index in [4.69, 9.17) is 4.52 Å². The first kappa shape index (κ1) is 20.0. The van der Waals surface area contributed by atoms with Gasteiger partial charge in [0.1, 0.15) is 17.2 Å². The van der Waals surface area contributed by atoms with Gasteiger partial charge in [-0.1, -0.05) is 38.1 Å². The Morgan fingerprint density at radius 2 is 2.00 bits per heavy atom. The number of halogens is 1. The second kappa shape index (κ2) is 7.49. The molecule has 4 aromatic rings. The van der Waals surface area contributed by atoms with E-state index in [1.54, 1.807) is 23.6 Å². The Bertz CT molecular complexity index is 1280. The fraction of sp³-hybridized carbons (Fsp3) is 0.238. The zero-order chi connectivity index (χ0) is 21.5. The van der Waals surface area contributed by atoms with Gasteiger partial charge in [0.2, 0.25) is 11.8 Å². The molecule has 0 aliphatic heterocycles. The SMILES string of the molecule is CC(C)(C)c1cc(NC(=O)Cn2cnc3scc(-c4ccc(F)cc4)c3c2=O)on1. The summed E-state index contributed by atoms with van der Waals surface area (Å²) in [6, 6.07) is 7.55. The van der Waals surface area contributed by atoms with E-state index < -0.39 is 5.91 Å². The Balaban J connectivity index is 1.60. The first-order chi connectivity index (χ1) is 14.2. The van der Waals surface area contributed by atoms with Crippen molar-refractivity contribution in [2.24, 2.45) is 0 Å². The van der Waals surface area contributed by atoms with Crippen molar-refractivity contribution in [1.29, 1.82) is 0 Å². The normalized spacial score (nSPS) is 11.7. The number of carbonyl (C=O) groups is 1. The van der Waals surface area contributed by atoms with Crippen LogP contribution in [-0.4, -0.2) is 20.6 Å². The molecule has 0 bridgehead atoms. The predicted molar refractivity (Wildman–Crippen MR) is 113 cm³/mol. The van der Waals surface area contributed by atoms with Crippen LogP contribution in [0.1, 0.15) is 26.5 Å². The van der Waals surface area contributed by atoms with Crippen LogP contribution in [-0.2, 0) is 16.8 Å². The van der Waals surface area contributed by atoms with Crippen molar-refractivity contribution in [3.05, 3.63) is 63.9 Å². The molecule has 3 aromatic heterocycles. The second-order valence-electron chi connectivity index (χ2n) is 7.89. The molecule has 1 aromatic carbocycles. The Labute approximate surface area is 175 Å². The molecule has 3 heterocycles. The molecule has 0 saturated carbocycles. The maximum Gasteiger partial charge on any atom is 0.263 e. The van der Waals surface area contributed by atoms with Crippen molar-refractivity contribution in [2.45, 2.75) is 32.7 Å². The lowest BCUT2D eigenvalue weighted by atomic mass is 9.92. The fourth-order valence-electron chi connectivity index (χ4n) is 2.94. The quantitative estimate of drug-likeness (QED) is 0.529. The molecule has 0 fully saturated rings. The lowest BCUT2D eigenvalue weighted by molar-refractivity contribution is -0.116. The van der Waals surface area contributed by atoms with Gasteiger partial charge in [-0.05, 0) is 17.7 Å². The molecule has 0 saturated heterocycles. The van der Waals surface area contributed by atoms with E-state index in [1.165, 1.54) is 34.4 Å². The van der Waals surface area contributed by atoms with E-state index in [0.29, 0.717) is 27.0 Å². The predicted octanol–water partition coefficient (Wildman–Crippen LogP) is 4.19. The van der Waals surface area contributed by atoms with Crippen LogP contribution >= 0.6 is 11.3 Å². The third-order valence-corrected chi connectivity index (χ3v) is 5.46. The highest BCUT2D eigenvalue weighted by atomic mass is 32.1. The molecule has 0 atom stereocenters. The number of hydrogen-bond acceptors (Lipinski definition) is 6. The first-order valence-corrected chi connectivity index (χ1v) is 10.1. The number of rotatable bonds is 4. The molecule has 0 radical (unpaired) electrons. The highest BCUT2D eigenvalue weighted by Crippen LogP contribution is 2.30. The van der Waals surface area contributed by atoms with Crippen LogP contribution in [0.15, 0.2) is 51.4 Å². The Morgan fingerprint density at radius 1 is 1.27 bits per heavy atom. The zero-order valence-electron chi connectivity index (χ0n) is 16.6. The summed E-state index contributed by atoms with van der Waals surface area (Å²) in [5.41, 5.74) is 1.52. The first-order valence-electron chi connectivity index (χ1n) is 9.22. The van der Waals surface area contributed by atoms with Gasteiger partial charge in [0.05, 0.1) is 17.4 Å². The van der Waals surface area contributed by atoms with Crippen molar-refractivity contribution in [3.8, 4) is 11.1 Å². The zero-order valence-corrected chi connectivity index (χ0v) is 17.4. The summed E-state index contributed by atoms with van der Waals surface area (Å²) in [6.07, 6.45) is 1.34. The van der Waals surface area contributed by atoms with E-state index in [9.17, 15) is 14.0 Å². The van der Waals surface area contributed by atoms with Gasteiger partial charge in [0.25, 0.3) is 5.56 Å². The second-order valence-corrected chi connectivity index (χ2v) is 8.75. The van der Waals surface area contributed by atoms with Crippen molar-refractivity contribution in [3.63, 3.8) is 0 Å². The summed E-state index contributed by atoms with van der Waals surface area (Å²) in [4.78, 5) is 30.3. The number of anilines is 1. The standard InChI is InChI=1S/C21H19FN4O3S/c1-21(2,3)15-8-17(29-25-15)24-16(27)9-26-11-23-19-18(20(26)28)14(10-30-19)12-4-6-13(22)7-5-12/h4-8,10-11H,9H2,1-3H3,(H,24,27). The van der Waals surface area contributed by atoms with E-state index in [2.05, 4.69) is 15.5 Å². The summed E-state index contributed by atoms with van der Waals surface area (Å²) in [6.45, 7) is 5.72. The number of aromatic nitrogens is 3. The number of hydrogen-bond donors (Lipinski definition) is 1. The van der Waals surface area contributed by atoms with Gasteiger partial charge < -0.3 is 4.52 Å².